The van der Waals surface area contributed by atoms with Crippen LogP contribution in [0.15, 0.2) is 6.33 Å². The van der Waals surface area contributed by atoms with Gasteiger partial charge in [0.1, 0.15) is 18.0 Å². The second-order valence-electron chi connectivity index (χ2n) is 7.10. The number of nitrogens with one attached hydrogen (secondary N) is 1. The van der Waals surface area contributed by atoms with Gasteiger partial charge in [-0.3, -0.25) is 0 Å². The zero-order valence-electron chi connectivity index (χ0n) is 14.2. The maximum Gasteiger partial charge on any atom is 0.137 e. The summed E-state index contributed by atoms with van der Waals surface area (Å²) in [6.07, 6.45) is 5.12. The molecule has 21 heavy (non-hydrogen) atoms. The number of hydrogen-bond acceptors (Lipinski definition) is 4. The van der Waals surface area contributed by atoms with E-state index in [9.17, 15) is 0 Å². The lowest BCUT2D eigenvalue weighted by atomic mass is 9.80. The predicted octanol–water partition coefficient (Wildman–Crippen LogP) is 3.73. The first-order valence-corrected chi connectivity index (χ1v) is 8.30. The molecule has 1 aliphatic rings. The van der Waals surface area contributed by atoms with Crippen molar-refractivity contribution < 1.29 is 0 Å². The van der Waals surface area contributed by atoms with E-state index in [0.717, 1.165) is 50.0 Å². The van der Waals surface area contributed by atoms with Crippen molar-refractivity contribution in [3.05, 3.63) is 11.9 Å². The van der Waals surface area contributed by atoms with E-state index in [2.05, 4.69) is 54.8 Å². The predicted molar refractivity (Wildman–Crippen MR) is 90.0 cm³/mol. The molecule has 1 N–H and O–H groups in total. The molecule has 1 saturated heterocycles. The Balaban J connectivity index is 2.25. The van der Waals surface area contributed by atoms with Gasteiger partial charge in [-0.05, 0) is 31.1 Å². The van der Waals surface area contributed by atoms with Crippen LogP contribution in [0.25, 0.3) is 0 Å². The SMILES string of the molecule is CCCc1c(NCC)ncnc1N1CCC(C(C)(C)C)C1. The Labute approximate surface area is 129 Å². The van der Waals surface area contributed by atoms with Gasteiger partial charge in [0.05, 0.1) is 0 Å². The Kier molecular flexibility index (Phi) is 5.07. The van der Waals surface area contributed by atoms with Crippen molar-refractivity contribution in [1.29, 1.82) is 0 Å². The molecule has 1 aliphatic heterocycles. The zero-order chi connectivity index (χ0) is 15.5. The smallest absolute Gasteiger partial charge is 0.137 e. The molecule has 0 aromatic carbocycles. The molecule has 0 bridgehead atoms. The average Bonchev–Trinajstić information content (AvgIpc) is 2.90. The monoisotopic (exact) mass is 290 g/mol. The lowest BCUT2D eigenvalue weighted by Gasteiger charge is -2.28. The molecular weight excluding hydrogens is 260 g/mol. The molecule has 0 spiro atoms. The molecule has 2 heterocycles. The Morgan fingerprint density at radius 3 is 2.62 bits per heavy atom. The Morgan fingerprint density at radius 2 is 2.05 bits per heavy atom. The normalized spacial score (nSPS) is 19.1. The van der Waals surface area contributed by atoms with Crippen LogP contribution in [0.2, 0.25) is 0 Å². The van der Waals surface area contributed by atoms with E-state index < -0.39 is 0 Å². The van der Waals surface area contributed by atoms with Gasteiger partial charge in [-0.1, -0.05) is 34.1 Å². The number of anilines is 2. The number of nitrogens with zero attached hydrogens (tertiary/aromatic N) is 3. The van der Waals surface area contributed by atoms with E-state index >= 15 is 0 Å². The molecule has 2 rings (SSSR count). The Bertz CT molecular complexity index is 464. The summed E-state index contributed by atoms with van der Waals surface area (Å²) in [4.78, 5) is 11.5. The van der Waals surface area contributed by atoms with Crippen molar-refractivity contribution >= 4 is 11.6 Å². The van der Waals surface area contributed by atoms with Gasteiger partial charge in [0, 0.05) is 25.2 Å². The number of rotatable bonds is 5. The molecule has 0 aliphatic carbocycles. The molecule has 1 aromatic heterocycles. The zero-order valence-corrected chi connectivity index (χ0v) is 14.2. The summed E-state index contributed by atoms with van der Waals surface area (Å²) in [7, 11) is 0. The van der Waals surface area contributed by atoms with E-state index in [1.807, 2.05) is 0 Å². The summed E-state index contributed by atoms with van der Waals surface area (Å²) in [5, 5.41) is 3.39. The quantitative estimate of drug-likeness (QED) is 0.897. The van der Waals surface area contributed by atoms with Crippen LogP contribution in [-0.4, -0.2) is 29.6 Å². The lowest BCUT2D eigenvalue weighted by molar-refractivity contribution is 0.263. The molecule has 0 saturated carbocycles. The summed E-state index contributed by atoms with van der Waals surface area (Å²) >= 11 is 0. The van der Waals surface area contributed by atoms with Crippen molar-refractivity contribution in [2.75, 3.05) is 29.9 Å². The summed E-state index contributed by atoms with van der Waals surface area (Å²) < 4.78 is 0. The second kappa shape index (κ2) is 6.63. The molecule has 0 amide bonds. The first-order valence-electron chi connectivity index (χ1n) is 8.30. The fraction of sp³-hybridized carbons (Fsp3) is 0.765. The largest absolute Gasteiger partial charge is 0.370 e. The lowest BCUT2D eigenvalue weighted by Crippen LogP contribution is -2.27. The van der Waals surface area contributed by atoms with E-state index in [4.69, 9.17) is 0 Å². The molecule has 4 heteroatoms. The maximum atomic E-state index is 4.61. The first kappa shape index (κ1) is 16.1. The average molecular weight is 290 g/mol. The van der Waals surface area contributed by atoms with Crippen molar-refractivity contribution in [2.24, 2.45) is 11.3 Å². The topological polar surface area (TPSA) is 41.1 Å². The van der Waals surface area contributed by atoms with Gasteiger partial charge < -0.3 is 10.2 Å². The van der Waals surface area contributed by atoms with Crippen molar-refractivity contribution in [3.63, 3.8) is 0 Å². The van der Waals surface area contributed by atoms with Crippen LogP contribution in [0.5, 0.6) is 0 Å². The highest BCUT2D eigenvalue weighted by molar-refractivity contribution is 5.59. The van der Waals surface area contributed by atoms with Gasteiger partial charge in [0.15, 0.2) is 0 Å². The van der Waals surface area contributed by atoms with Crippen LogP contribution in [0.1, 0.15) is 53.0 Å². The highest BCUT2D eigenvalue weighted by Crippen LogP contribution is 2.36. The van der Waals surface area contributed by atoms with Crippen molar-refractivity contribution in [1.82, 2.24) is 9.97 Å². The van der Waals surface area contributed by atoms with Crippen LogP contribution in [0, 0.1) is 11.3 Å². The molecule has 1 aromatic rings. The minimum absolute atomic E-state index is 0.372. The highest BCUT2D eigenvalue weighted by Gasteiger charge is 2.33. The molecule has 0 radical (unpaired) electrons. The second-order valence-corrected chi connectivity index (χ2v) is 7.10. The molecule has 1 atom stereocenters. The first-order chi connectivity index (χ1) is 9.97. The Hall–Kier alpha value is -1.32. The number of aromatic nitrogens is 2. The third kappa shape index (κ3) is 3.66. The van der Waals surface area contributed by atoms with Crippen LogP contribution in [0.4, 0.5) is 11.6 Å². The van der Waals surface area contributed by atoms with Crippen LogP contribution in [0.3, 0.4) is 0 Å². The fourth-order valence-electron chi connectivity index (χ4n) is 3.14. The highest BCUT2D eigenvalue weighted by atomic mass is 15.2. The third-order valence-corrected chi connectivity index (χ3v) is 4.48. The van der Waals surface area contributed by atoms with Gasteiger partial charge in [-0.25, -0.2) is 9.97 Å². The van der Waals surface area contributed by atoms with Crippen LogP contribution >= 0.6 is 0 Å². The van der Waals surface area contributed by atoms with E-state index in [1.165, 1.54) is 12.0 Å². The standard InChI is InChI=1S/C17H30N4/c1-6-8-14-15(18-7-2)19-12-20-16(14)21-10-9-13(11-21)17(3,4)5/h12-13H,6-11H2,1-5H3,(H,18,19,20). The van der Waals surface area contributed by atoms with Gasteiger partial charge in [0.2, 0.25) is 0 Å². The molecule has 4 nitrogen and oxygen atoms in total. The molecular formula is C17H30N4. The van der Waals surface area contributed by atoms with E-state index in [1.54, 1.807) is 6.33 Å². The van der Waals surface area contributed by atoms with Crippen molar-refractivity contribution in [3.8, 4) is 0 Å². The van der Waals surface area contributed by atoms with Crippen LogP contribution in [-0.2, 0) is 6.42 Å². The molecule has 118 valence electrons. The van der Waals surface area contributed by atoms with Gasteiger partial charge in [-0.15, -0.1) is 0 Å². The molecule has 1 fully saturated rings. The minimum atomic E-state index is 0.372. The third-order valence-electron chi connectivity index (χ3n) is 4.48. The van der Waals surface area contributed by atoms with Crippen LogP contribution < -0.4 is 10.2 Å². The minimum Gasteiger partial charge on any atom is -0.370 e. The Morgan fingerprint density at radius 1 is 1.29 bits per heavy atom. The van der Waals surface area contributed by atoms with Gasteiger partial charge in [0.25, 0.3) is 0 Å². The molecule has 1 unspecified atom stereocenters. The van der Waals surface area contributed by atoms with Gasteiger partial charge in [-0.2, -0.15) is 0 Å². The van der Waals surface area contributed by atoms with E-state index in [-0.39, 0.29) is 0 Å². The van der Waals surface area contributed by atoms with Crippen molar-refractivity contribution in [2.45, 2.75) is 53.9 Å². The van der Waals surface area contributed by atoms with E-state index in [0.29, 0.717) is 5.41 Å². The number of hydrogen-bond donors (Lipinski definition) is 1. The maximum absolute atomic E-state index is 4.61. The summed E-state index contributed by atoms with van der Waals surface area (Å²) in [5.74, 6) is 2.91. The summed E-state index contributed by atoms with van der Waals surface area (Å²) in [6, 6.07) is 0. The summed E-state index contributed by atoms with van der Waals surface area (Å²) in [5.41, 5.74) is 1.66. The van der Waals surface area contributed by atoms with Gasteiger partial charge >= 0.3 is 0 Å². The summed E-state index contributed by atoms with van der Waals surface area (Å²) in [6.45, 7) is 14.5. The fourth-order valence-corrected chi connectivity index (χ4v) is 3.14.